The summed E-state index contributed by atoms with van der Waals surface area (Å²) in [5, 5.41) is 17.5. The van der Waals surface area contributed by atoms with Gasteiger partial charge < -0.3 is 24.0 Å². The topological polar surface area (TPSA) is 85.2 Å². The molecule has 2 N–H and O–H groups in total. The molecule has 0 rings (SSSR count). The molecule has 0 amide bonds. The van der Waals surface area contributed by atoms with Crippen molar-refractivity contribution in [3.8, 4) is 0 Å². The predicted octanol–water partition coefficient (Wildman–Crippen LogP) is 0.580. The summed E-state index contributed by atoms with van der Waals surface area (Å²) in [6.45, 7) is 3.22. The van der Waals surface area contributed by atoms with Gasteiger partial charge in [-0.2, -0.15) is 0 Å². The van der Waals surface area contributed by atoms with Crippen LogP contribution in [0.4, 0.5) is 0 Å². The van der Waals surface area contributed by atoms with Crippen molar-refractivity contribution in [3.05, 3.63) is 0 Å². The Balaban J connectivity index is 4.10. The van der Waals surface area contributed by atoms with Gasteiger partial charge in [0, 0.05) is 0 Å². The van der Waals surface area contributed by atoms with Crippen LogP contribution in [0.3, 0.4) is 0 Å². The lowest BCUT2D eigenvalue weighted by molar-refractivity contribution is -0.00788. The fourth-order valence-electron chi connectivity index (χ4n) is 0.865. The van der Waals surface area contributed by atoms with Crippen molar-refractivity contribution in [2.75, 3.05) is 32.8 Å². The van der Waals surface area contributed by atoms with Crippen LogP contribution in [-0.2, 0) is 18.3 Å². The zero-order valence-corrected chi connectivity index (χ0v) is 9.98. The molecular formula is C8H19O6P. The molecular weight excluding hydrogens is 223 g/mol. The van der Waals surface area contributed by atoms with Gasteiger partial charge in [0.15, 0.2) is 0 Å². The predicted molar refractivity (Wildman–Crippen MR) is 54.8 cm³/mol. The van der Waals surface area contributed by atoms with Gasteiger partial charge in [-0.1, -0.05) is 0 Å². The molecule has 92 valence electrons. The Kier molecular flexibility index (Phi) is 8.23. The van der Waals surface area contributed by atoms with Gasteiger partial charge in [-0.25, -0.2) is 0 Å². The van der Waals surface area contributed by atoms with E-state index in [4.69, 9.17) is 24.0 Å². The molecule has 15 heavy (non-hydrogen) atoms. The Morgan fingerprint density at radius 2 is 1.60 bits per heavy atom. The van der Waals surface area contributed by atoms with E-state index < -0.39 is 13.7 Å². The van der Waals surface area contributed by atoms with Crippen molar-refractivity contribution in [1.82, 2.24) is 0 Å². The number of ether oxygens (including phenoxy) is 1. The normalized spacial score (nSPS) is 12.3. The van der Waals surface area contributed by atoms with E-state index in [0.717, 1.165) is 0 Å². The molecule has 0 aromatic carbocycles. The van der Waals surface area contributed by atoms with Crippen LogP contribution in [0.15, 0.2) is 0 Å². The van der Waals surface area contributed by atoms with Crippen LogP contribution in [0, 0.1) is 0 Å². The summed E-state index contributed by atoms with van der Waals surface area (Å²) in [5.74, 6) is 0. The average Bonchev–Trinajstić information content (AvgIpc) is 2.20. The van der Waals surface area contributed by atoms with Gasteiger partial charge >= 0.3 is 7.60 Å². The van der Waals surface area contributed by atoms with Crippen LogP contribution < -0.4 is 0 Å². The Morgan fingerprint density at radius 3 is 1.93 bits per heavy atom. The van der Waals surface area contributed by atoms with Gasteiger partial charge in [0.1, 0.15) is 12.5 Å². The maximum Gasteiger partial charge on any atom is 0.356 e. The monoisotopic (exact) mass is 242 g/mol. The lowest BCUT2D eigenvalue weighted by Crippen LogP contribution is -2.23. The number of aliphatic hydroxyl groups excluding tert-OH is 2. The highest BCUT2D eigenvalue weighted by molar-refractivity contribution is 7.53. The summed E-state index contributed by atoms with van der Waals surface area (Å²) in [4.78, 5) is 0. The summed E-state index contributed by atoms with van der Waals surface area (Å²) in [5.41, 5.74) is 0. The van der Waals surface area contributed by atoms with E-state index in [0.29, 0.717) is 0 Å². The quantitative estimate of drug-likeness (QED) is 0.575. The van der Waals surface area contributed by atoms with Crippen molar-refractivity contribution < 1.29 is 28.6 Å². The van der Waals surface area contributed by atoms with Crippen LogP contribution in [0.25, 0.3) is 0 Å². The molecule has 0 saturated heterocycles. The van der Waals surface area contributed by atoms with Crippen LogP contribution in [0.1, 0.15) is 13.8 Å². The van der Waals surface area contributed by atoms with Gasteiger partial charge in [0.05, 0.1) is 26.4 Å². The smallest absolute Gasteiger partial charge is 0.356 e. The van der Waals surface area contributed by atoms with Crippen molar-refractivity contribution in [1.29, 1.82) is 0 Å². The third kappa shape index (κ3) is 6.25. The second-order valence-electron chi connectivity index (χ2n) is 2.73. The summed E-state index contributed by atoms with van der Waals surface area (Å²) < 4.78 is 26.7. The van der Waals surface area contributed by atoms with Crippen LogP contribution >= 0.6 is 7.60 Å². The van der Waals surface area contributed by atoms with Gasteiger partial charge in [0.25, 0.3) is 0 Å². The maximum absolute atomic E-state index is 11.8. The zero-order chi connectivity index (χ0) is 11.7. The first-order chi connectivity index (χ1) is 7.11. The molecule has 0 radical (unpaired) electrons. The second-order valence-corrected chi connectivity index (χ2v) is 4.73. The van der Waals surface area contributed by atoms with Crippen LogP contribution in [0.5, 0.6) is 0 Å². The van der Waals surface area contributed by atoms with E-state index in [1.165, 1.54) is 0 Å². The summed E-state index contributed by atoms with van der Waals surface area (Å²) in [7, 11) is -3.24. The Morgan fingerprint density at radius 1 is 1.13 bits per heavy atom. The molecule has 0 spiro atoms. The van der Waals surface area contributed by atoms with Gasteiger partial charge in [-0.05, 0) is 13.8 Å². The van der Waals surface area contributed by atoms with Crippen molar-refractivity contribution in [2.24, 2.45) is 0 Å². The van der Waals surface area contributed by atoms with Crippen molar-refractivity contribution in [3.63, 3.8) is 0 Å². The Bertz CT molecular complexity index is 184. The third-order valence-electron chi connectivity index (χ3n) is 1.53. The first kappa shape index (κ1) is 15.0. The molecule has 0 saturated carbocycles. The molecule has 0 aliphatic rings. The highest BCUT2D eigenvalue weighted by Crippen LogP contribution is 2.47. The van der Waals surface area contributed by atoms with E-state index in [1.54, 1.807) is 13.8 Å². The lowest BCUT2D eigenvalue weighted by Gasteiger charge is -2.19. The summed E-state index contributed by atoms with van der Waals surface area (Å²) in [6.07, 6.45) is -1.01. The molecule has 0 bridgehead atoms. The molecule has 0 heterocycles. The molecule has 0 aliphatic carbocycles. The SMILES string of the molecule is CCOP(=O)(COC(CO)CO)OCC. The fourth-order valence-corrected chi connectivity index (χ4v) is 2.27. The minimum Gasteiger partial charge on any atom is -0.394 e. The van der Waals surface area contributed by atoms with Gasteiger partial charge in [0.2, 0.25) is 0 Å². The summed E-state index contributed by atoms with van der Waals surface area (Å²) >= 11 is 0. The maximum atomic E-state index is 11.8. The van der Waals surface area contributed by atoms with Gasteiger partial charge in [-0.3, -0.25) is 4.57 Å². The Labute approximate surface area is 89.7 Å². The number of hydrogen-bond acceptors (Lipinski definition) is 6. The molecule has 0 fully saturated rings. The zero-order valence-electron chi connectivity index (χ0n) is 9.09. The molecule has 0 unspecified atom stereocenters. The highest BCUT2D eigenvalue weighted by Gasteiger charge is 2.25. The number of aliphatic hydroxyl groups is 2. The Hall–Kier alpha value is 0.0300. The van der Waals surface area contributed by atoms with Gasteiger partial charge in [-0.15, -0.1) is 0 Å². The molecule has 6 nitrogen and oxygen atoms in total. The third-order valence-corrected chi connectivity index (χ3v) is 3.30. The molecule has 0 aromatic rings. The number of rotatable bonds is 9. The largest absolute Gasteiger partial charge is 0.394 e. The van der Waals surface area contributed by atoms with Crippen molar-refractivity contribution in [2.45, 2.75) is 20.0 Å². The molecule has 0 aliphatic heterocycles. The highest BCUT2D eigenvalue weighted by atomic mass is 31.2. The second kappa shape index (κ2) is 8.21. The summed E-state index contributed by atoms with van der Waals surface area (Å²) in [6, 6.07) is 0. The van der Waals surface area contributed by atoms with E-state index in [-0.39, 0.29) is 32.8 Å². The van der Waals surface area contributed by atoms with Crippen molar-refractivity contribution >= 4 is 7.60 Å². The molecule has 0 aromatic heterocycles. The molecule has 7 heteroatoms. The van der Waals surface area contributed by atoms with E-state index in [9.17, 15) is 4.57 Å². The van der Waals surface area contributed by atoms with E-state index >= 15 is 0 Å². The van der Waals surface area contributed by atoms with Crippen LogP contribution in [-0.4, -0.2) is 49.1 Å². The standard InChI is InChI=1S/C8H19O6P/c1-3-13-15(11,14-4-2)7-12-8(5-9)6-10/h8-10H,3-7H2,1-2H3. The minimum absolute atomic E-state index is 0.254. The fraction of sp³-hybridized carbons (Fsp3) is 1.00. The lowest BCUT2D eigenvalue weighted by atomic mass is 10.4. The minimum atomic E-state index is -3.24. The number of hydrogen-bond donors (Lipinski definition) is 2. The first-order valence-electron chi connectivity index (χ1n) is 4.83. The van der Waals surface area contributed by atoms with E-state index in [2.05, 4.69) is 0 Å². The molecule has 0 atom stereocenters. The van der Waals surface area contributed by atoms with Crippen LogP contribution in [0.2, 0.25) is 0 Å². The average molecular weight is 242 g/mol. The first-order valence-corrected chi connectivity index (χ1v) is 6.56. The van der Waals surface area contributed by atoms with E-state index in [1.807, 2.05) is 0 Å².